The van der Waals surface area contributed by atoms with Gasteiger partial charge in [0.05, 0.1) is 5.71 Å². The van der Waals surface area contributed by atoms with Crippen LogP contribution in [0.3, 0.4) is 0 Å². The minimum absolute atomic E-state index is 0.104. The number of nitrogens with zero attached hydrogens (tertiary/aromatic N) is 3. The van der Waals surface area contributed by atoms with Crippen molar-refractivity contribution >= 4 is 46.6 Å². The van der Waals surface area contributed by atoms with Crippen LogP contribution in [0.15, 0.2) is 41.6 Å². The number of benzene rings is 2. The number of aryl methyl sites for hydroxylation is 1. The molecule has 4 rings (SSSR count). The number of oxime groups is 1. The smallest absolute Gasteiger partial charge is 0.255 e. The van der Waals surface area contributed by atoms with Gasteiger partial charge in [-0.05, 0) is 61.7 Å². The van der Waals surface area contributed by atoms with Gasteiger partial charge in [-0.1, -0.05) is 41.3 Å². The van der Waals surface area contributed by atoms with E-state index in [2.05, 4.69) is 5.16 Å². The topological polar surface area (TPSA) is 79.3 Å². The van der Waals surface area contributed by atoms with Gasteiger partial charge in [-0.15, -0.1) is 0 Å². The zero-order chi connectivity index (χ0) is 24.6. The maximum atomic E-state index is 13.1. The molecule has 0 aromatic heterocycles. The van der Waals surface area contributed by atoms with Crippen LogP contribution in [0.25, 0.3) is 0 Å². The third kappa shape index (κ3) is 4.68. The average Bonchev–Trinajstić information content (AvgIpc) is 3.18. The Morgan fingerprint density at radius 1 is 1.09 bits per heavy atom. The number of carbonyl (C=O) groups is 3. The lowest BCUT2D eigenvalue weighted by molar-refractivity contribution is -0.150. The van der Waals surface area contributed by atoms with Crippen LogP contribution in [-0.4, -0.2) is 52.9 Å². The van der Waals surface area contributed by atoms with Gasteiger partial charge < -0.3 is 9.74 Å². The summed E-state index contributed by atoms with van der Waals surface area (Å²) in [5.41, 5.74) is 2.83. The zero-order valence-electron chi connectivity index (χ0n) is 19.2. The van der Waals surface area contributed by atoms with E-state index in [1.54, 1.807) is 18.2 Å². The van der Waals surface area contributed by atoms with Crippen molar-refractivity contribution in [3.05, 3.63) is 68.7 Å². The van der Waals surface area contributed by atoms with Crippen LogP contribution in [0.5, 0.6) is 0 Å². The van der Waals surface area contributed by atoms with E-state index in [1.165, 1.54) is 9.80 Å². The summed E-state index contributed by atoms with van der Waals surface area (Å²) < 4.78 is 0. The summed E-state index contributed by atoms with van der Waals surface area (Å²) in [6.45, 7) is 5.80. The summed E-state index contributed by atoms with van der Waals surface area (Å²) in [6.07, 6.45) is 1.18. The molecule has 1 unspecified atom stereocenters. The maximum Gasteiger partial charge on any atom is 0.255 e. The molecule has 2 aromatic carbocycles. The zero-order valence-corrected chi connectivity index (χ0v) is 20.7. The number of rotatable bonds is 5. The van der Waals surface area contributed by atoms with E-state index in [9.17, 15) is 14.4 Å². The largest absolute Gasteiger partial charge is 0.384 e. The van der Waals surface area contributed by atoms with Crippen LogP contribution in [0.2, 0.25) is 10.0 Å². The molecule has 2 heterocycles. The minimum atomic E-state index is -0.717. The van der Waals surface area contributed by atoms with Crippen molar-refractivity contribution in [3.63, 3.8) is 0 Å². The number of hydrogen-bond acceptors (Lipinski definition) is 5. The average molecular weight is 502 g/mol. The van der Waals surface area contributed by atoms with Crippen LogP contribution < -0.4 is 0 Å². The standard InChI is InChI=1S/C25H25Cl2N3O4/c1-4-7-30-22(31)13-29(14-23(30)32)24(33)20-6-5-16(8-15(20)2)21-12-25(3,34-28-21)17-9-18(26)11-19(27)10-17/h5-6,8-11H,4,7,12-14H2,1-3H3. The molecule has 1 fully saturated rings. The second-order valence-corrected chi connectivity index (χ2v) is 9.70. The maximum absolute atomic E-state index is 13.1. The second kappa shape index (κ2) is 9.39. The van der Waals surface area contributed by atoms with Gasteiger partial charge in [0, 0.05) is 34.1 Å². The molecule has 2 aliphatic heterocycles. The summed E-state index contributed by atoms with van der Waals surface area (Å²) in [5.74, 6) is -1.04. The SMILES string of the molecule is CCCN1C(=O)CN(C(=O)c2ccc(C3=NOC(C)(c4cc(Cl)cc(Cl)c4)C3)cc2C)CC1=O. The monoisotopic (exact) mass is 501 g/mol. The number of halogens is 2. The fourth-order valence-electron chi connectivity index (χ4n) is 4.27. The Hall–Kier alpha value is -2.90. The summed E-state index contributed by atoms with van der Waals surface area (Å²) >= 11 is 12.3. The van der Waals surface area contributed by atoms with Gasteiger partial charge >= 0.3 is 0 Å². The Morgan fingerprint density at radius 2 is 1.74 bits per heavy atom. The lowest BCUT2D eigenvalue weighted by Gasteiger charge is -2.32. The summed E-state index contributed by atoms with van der Waals surface area (Å²) in [6, 6.07) is 10.6. The summed E-state index contributed by atoms with van der Waals surface area (Å²) in [4.78, 5) is 46.1. The number of carbonyl (C=O) groups excluding carboxylic acids is 3. The molecule has 0 spiro atoms. The quantitative estimate of drug-likeness (QED) is 0.562. The lowest BCUT2D eigenvalue weighted by atomic mass is 9.88. The van der Waals surface area contributed by atoms with E-state index >= 15 is 0 Å². The Morgan fingerprint density at radius 3 is 2.32 bits per heavy atom. The Bertz CT molecular complexity index is 1170. The molecule has 3 amide bonds. The Kier molecular flexibility index (Phi) is 6.69. The number of amides is 3. The highest BCUT2D eigenvalue weighted by atomic mass is 35.5. The van der Waals surface area contributed by atoms with Crippen LogP contribution in [0, 0.1) is 6.92 Å². The molecule has 2 aromatic rings. The van der Waals surface area contributed by atoms with Gasteiger partial charge in [0.2, 0.25) is 11.8 Å². The van der Waals surface area contributed by atoms with E-state index in [4.69, 9.17) is 28.0 Å². The van der Waals surface area contributed by atoms with Gasteiger partial charge in [0.1, 0.15) is 13.1 Å². The Balaban J connectivity index is 1.50. The molecule has 0 bridgehead atoms. The molecule has 2 aliphatic rings. The number of imide groups is 1. The van der Waals surface area contributed by atoms with Crippen LogP contribution >= 0.6 is 23.2 Å². The molecular formula is C25H25Cl2N3O4. The van der Waals surface area contributed by atoms with Crippen molar-refractivity contribution in [1.29, 1.82) is 0 Å². The highest BCUT2D eigenvalue weighted by Gasteiger charge is 2.38. The fraction of sp³-hybridized carbons (Fsp3) is 0.360. The molecule has 7 nitrogen and oxygen atoms in total. The number of hydrogen-bond donors (Lipinski definition) is 0. The van der Waals surface area contributed by atoms with E-state index in [0.29, 0.717) is 35.0 Å². The summed E-state index contributed by atoms with van der Waals surface area (Å²) in [5, 5.41) is 5.33. The normalized spacial score (nSPS) is 20.4. The van der Waals surface area contributed by atoms with Crippen molar-refractivity contribution < 1.29 is 19.2 Å². The van der Waals surface area contributed by atoms with Crippen molar-refractivity contribution in [2.75, 3.05) is 19.6 Å². The van der Waals surface area contributed by atoms with Gasteiger partial charge in [0.25, 0.3) is 5.91 Å². The molecular weight excluding hydrogens is 477 g/mol. The first-order chi connectivity index (χ1) is 16.1. The van der Waals surface area contributed by atoms with Crippen molar-refractivity contribution in [1.82, 2.24) is 9.80 Å². The van der Waals surface area contributed by atoms with Crippen LogP contribution in [-0.2, 0) is 20.0 Å². The van der Waals surface area contributed by atoms with Crippen LogP contribution in [0.1, 0.15) is 53.7 Å². The van der Waals surface area contributed by atoms with E-state index in [-0.39, 0.29) is 30.8 Å². The molecule has 0 saturated carbocycles. The second-order valence-electron chi connectivity index (χ2n) is 8.83. The predicted octanol–water partition coefficient (Wildman–Crippen LogP) is 4.56. The molecule has 1 saturated heterocycles. The molecule has 1 atom stereocenters. The Labute approximate surface area is 208 Å². The minimum Gasteiger partial charge on any atom is -0.384 e. The number of piperazine rings is 1. The third-order valence-electron chi connectivity index (χ3n) is 6.11. The lowest BCUT2D eigenvalue weighted by Crippen LogP contribution is -2.55. The highest BCUT2D eigenvalue weighted by molar-refractivity contribution is 6.34. The van der Waals surface area contributed by atoms with E-state index in [0.717, 1.165) is 22.4 Å². The van der Waals surface area contributed by atoms with Gasteiger partial charge in [0.15, 0.2) is 5.60 Å². The molecule has 34 heavy (non-hydrogen) atoms. The van der Waals surface area contributed by atoms with Crippen LogP contribution in [0.4, 0.5) is 0 Å². The first kappa shape index (κ1) is 24.2. The molecule has 178 valence electrons. The molecule has 0 N–H and O–H groups in total. The first-order valence-corrected chi connectivity index (χ1v) is 11.8. The van der Waals surface area contributed by atoms with Gasteiger partial charge in [-0.2, -0.15) is 0 Å². The van der Waals surface area contributed by atoms with Gasteiger partial charge in [-0.25, -0.2) is 0 Å². The molecule has 0 aliphatic carbocycles. The van der Waals surface area contributed by atoms with Crippen molar-refractivity contribution in [2.45, 2.75) is 39.2 Å². The summed E-state index contributed by atoms with van der Waals surface area (Å²) in [7, 11) is 0. The highest BCUT2D eigenvalue weighted by Crippen LogP contribution is 2.38. The predicted molar refractivity (Wildman–Crippen MR) is 130 cm³/mol. The first-order valence-electron chi connectivity index (χ1n) is 11.1. The van der Waals surface area contributed by atoms with Crippen molar-refractivity contribution in [2.24, 2.45) is 5.16 Å². The molecule has 9 heteroatoms. The van der Waals surface area contributed by atoms with Crippen molar-refractivity contribution in [3.8, 4) is 0 Å². The third-order valence-corrected chi connectivity index (χ3v) is 6.55. The van der Waals surface area contributed by atoms with E-state index < -0.39 is 5.60 Å². The van der Waals surface area contributed by atoms with Gasteiger partial charge in [-0.3, -0.25) is 19.3 Å². The fourth-order valence-corrected chi connectivity index (χ4v) is 4.80. The van der Waals surface area contributed by atoms with E-state index in [1.807, 2.05) is 39.0 Å². The molecule has 0 radical (unpaired) electrons.